The Bertz CT molecular complexity index is 601. The molecule has 2 aromatic rings. The number of hydrogen-bond donors (Lipinski definition) is 2. The molecule has 5 heteroatoms. The van der Waals surface area contributed by atoms with Crippen LogP contribution in [0.15, 0.2) is 40.8 Å². The molecule has 19 heavy (non-hydrogen) atoms. The Balaban J connectivity index is 2.26. The summed E-state index contributed by atoms with van der Waals surface area (Å²) in [6.07, 6.45) is -0.00769. The number of carboxylic acids is 1. The van der Waals surface area contributed by atoms with Crippen LogP contribution in [0, 0.1) is 5.82 Å². The third-order valence-electron chi connectivity index (χ3n) is 2.84. The van der Waals surface area contributed by atoms with E-state index in [0.29, 0.717) is 5.56 Å². The normalized spacial score (nSPS) is 14.1. The molecule has 0 aliphatic rings. The number of hydrogen-bond acceptors (Lipinski definition) is 3. The summed E-state index contributed by atoms with van der Waals surface area (Å²) in [5, 5.41) is 19.1. The summed E-state index contributed by atoms with van der Waals surface area (Å²) in [5.74, 6) is -1.81. The number of rotatable bonds is 4. The quantitative estimate of drug-likeness (QED) is 0.890. The lowest BCUT2D eigenvalue weighted by molar-refractivity contribution is 0.0310. The van der Waals surface area contributed by atoms with Crippen LogP contribution < -0.4 is 0 Å². The van der Waals surface area contributed by atoms with Crippen LogP contribution in [0.25, 0.3) is 0 Å². The van der Waals surface area contributed by atoms with Gasteiger partial charge in [0.05, 0.1) is 0 Å². The zero-order chi connectivity index (χ0) is 14.0. The van der Waals surface area contributed by atoms with E-state index in [4.69, 9.17) is 9.52 Å². The molecule has 0 aliphatic heterocycles. The highest BCUT2D eigenvalue weighted by molar-refractivity contribution is 5.84. The van der Waals surface area contributed by atoms with Crippen LogP contribution in [0.5, 0.6) is 0 Å². The monoisotopic (exact) mass is 264 g/mol. The average Bonchev–Trinajstić information content (AvgIpc) is 2.82. The molecular formula is C14H13FO4. The summed E-state index contributed by atoms with van der Waals surface area (Å²) < 4.78 is 18.6. The zero-order valence-corrected chi connectivity index (χ0v) is 10.3. The second-order valence-corrected chi connectivity index (χ2v) is 4.51. The Morgan fingerprint density at radius 3 is 2.58 bits per heavy atom. The van der Waals surface area contributed by atoms with Crippen molar-refractivity contribution in [1.82, 2.24) is 0 Å². The van der Waals surface area contributed by atoms with Gasteiger partial charge in [-0.1, -0.05) is 18.2 Å². The number of aromatic carboxylic acids is 1. The minimum absolute atomic E-state index is 0.00769. The summed E-state index contributed by atoms with van der Waals surface area (Å²) >= 11 is 0. The number of aliphatic hydroxyl groups is 1. The minimum atomic E-state index is -1.48. The highest BCUT2D eigenvalue weighted by atomic mass is 19.1. The topological polar surface area (TPSA) is 70.7 Å². The molecule has 1 aromatic carbocycles. The molecule has 1 heterocycles. The van der Waals surface area contributed by atoms with Crippen molar-refractivity contribution in [3.05, 3.63) is 59.3 Å². The number of carbonyl (C=O) groups is 1. The van der Waals surface area contributed by atoms with Gasteiger partial charge in [0.15, 0.2) is 0 Å². The summed E-state index contributed by atoms with van der Waals surface area (Å²) in [6, 6.07) is 8.72. The van der Waals surface area contributed by atoms with Gasteiger partial charge in [0.25, 0.3) is 0 Å². The van der Waals surface area contributed by atoms with Gasteiger partial charge < -0.3 is 14.6 Å². The SMILES string of the molecule is CC(O)(Cc1ccccc1F)c1ccc(C(=O)O)o1. The highest BCUT2D eigenvalue weighted by Crippen LogP contribution is 2.28. The van der Waals surface area contributed by atoms with Crippen molar-refractivity contribution in [3.8, 4) is 0 Å². The Hall–Kier alpha value is -2.14. The van der Waals surface area contributed by atoms with Gasteiger partial charge in [-0.25, -0.2) is 9.18 Å². The summed E-state index contributed by atoms with van der Waals surface area (Å²) in [4.78, 5) is 10.7. The molecule has 0 bridgehead atoms. The number of furan rings is 1. The van der Waals surface area contributed by atoms with Crippen molar-refractivity contribution < 1.29 is 23.8 Å². The van der Waals surface area contributed by atoms with Crippen molar-refractivity contribution in [2.75, 3.05) is 0 Å². The lowest BCUT2D eigenvalue weighted by Gasteiger charge is -2.21. The molecule has 1 atom stereocenters. The predicted octanol–water partition coefficient (Wildman–Crippen LogP) is 2.57. The van der Waals surface area contributed by atoms with E-state index in [9.17, 15) is 14.3 Å². The van der Waals surface area contributed by atoms with Crippen LogP contribution in [0.3, 0.4) is 0 Å². The van der Waals surface area contributed by atoms with Crippen LogP contribution in [0.2, 0.25) is 0 Å². The number of carboxylic acid groups (broad SMARTS) is 1. The van der Waals surface area contributed by atoms with E-state index in [-0.39, 0.29) is 17.9 Å². The van der Waals surface area contributed by atoms with Gasteiger partial charge in [0.2, 0.25) is 5.76 Å². The first-order chi connectivity index (χ1) is 8.90. The summed E-state index contributed by atoms with van der Waals surface area (Å²) in [5.41, 5.74) is -1.14. The molecule has 0 saturated carbocycles. The fourth-order valence-corrected chi connectivity index (χ4v) is 1.84. The van der Waals surface area contributed by atoms with E-state index < -0.39 is 17.4 Å². The molecule has 0 spiro atoms. The Kier molecular flexibility index (Phi) is 3.40. The molecule has 0 aliphatic carbocycles. The molecule has 1 aromatic heterocycles. The molecule has 0 saturated heterocycles. The lowest BCUT2D eigenvalue weighted by Crippen LogP contribution is -2.24. The average molecular weight is 264 g/mol. The zero-order valence-electron chi connectivity index (χ0n) is 10.3. The minimum Gasteiger partial charge on any atom is -0.475 e. The molecule has 4 nitrogen and oxygen atoms in total. The van der Waals surface area contributed by atoms with E-state index in [1.54, 1.807) is 18.2 Å². The van der Waals surface area contributed by atoms with Crippen molar-refractivity contribution in [2.24, 2.45) is 0 Å². The maximum Gasteiger partial charge on any atom is 0.371 e. The van der Waals surface area contributed by atoms with E-state index in [1.807, 2.05) is 0 Å². The number of benzene rings is 1. The van der Waals surface area contributed by atoms with Gasteiger partial charge in [0, 0.05) is 6.42 Å². The van der Waals surface area contributed by atoms with Crippen LogP contribution in [-0.2, 0) is 12.0 Å². The first-order valence-electron chi connectivity index (χ1n) is 5.69. The second kappa shape index (κ2) is 4.85. The largest absolute Gasteiger partial charge is 0.475 e. The molecule has 1 unspecified atom stereocenters. The van der Waals surface area contributed by atoms with Crippen molar-refractivity contribution in [1.29, 1.82) is 0 Å². The first kappa shape index (κ1) is 13.3. The van der Waals surface area contributed by atoms with E-state index in [1.165, 1.54) is 25.1 Å². The second-order valence-electron chi connectivity index (χ2n) is 4.51. The predicted molar refractivity (Wildman–Crippen MR) is 65.3 cm³/mol. The fraction of sp³-hybridized carbons (Fsp3) is 0.214. The van der Waals surface area contributed by atoms with Crippen LogP contribution in [0.4, 0.5) is 4.39 Å². The summed E-state index contributed by atoms with van der Waals surface area (Å²) in [6.45, 7) is 1.45. The first-order valence-corrected chi connectivity index (χ1v) is 5.69. The Morgan fingerprint density at radius 2 is 2.00 bits per heavy atom. The maximum absolute atomic E-state index is 13.5. The van der Waals surface area contributed by atoms with Gasteiger partial charge in [-0.3, -0.25) is 0 Å². The van der Waals surface area contributed by atoms with Crippen molar-refractivity contribution in [2.45, 2.75) is 18.9 Å². The molecule has 100 valence electrons. The molecular weight excluding hydrogens is 251 g/mol. The Labute approximate surface area is 109 Å². The molecule has 0 amide bonds. The van der Waals surface area contributed by atoms with Gasteiger partial charge in [-0.05, 0) is 30.7 Å². The van der Waals surface area contributed by atoms with Crippen LogP contribution >= 0.6 is 0 Å². The third-order valence-corrected chi connectivity index (χ3v) is 2.84. The van der Waals surface area contributed by atoms with Crippen molar-refractivity contribution >= 4 is 5.97 Å². The molecule has 0 radical (unpaired) electrons. The lowest BCUT2D eigenvalue weighted by atomic mass is 9.94. The maximum atomic E-state index is 13.5. The summed E-state index contributed by atoms with van der Waals surface area (Å²) in [7, 11) is 0. The fourth-order valence-electron chi connectivity index (χ4n) is 1.84. The van der Waals surface area contributed by atoms with Crippen LogP contribution in [-0.4, -0.2) is 16.2 Å². The molecule has 2 rings (SSSR count). The smallest absolute Gasteiger partial charge is 0.371 e. The third kappa shape index (κ3) is 2.82. The Morgan fingerprint density at radius 1 is 1.32 bits per heavy atom. The van der Waals surface area contributed by atoms with E-state index in [0.717, 1.165) is 0 Å². The van der Waals surface area contributed by atoms with E-state index in [2.05, 4.69) is 0 Å². The standard InChI is InChI=1S/C14H13FO4/c1-14(18,8-9-4-2-3-5-10(9)15)12-7-6-11(19-12)13(16)17/h2-7,18H,8H2,1H3,(H,16,17). The van der Waals surface area contributed by atoms with Gasteiger partial charge in [-0.2, -0.15) is 0 Å². The van der Waals surface area contributed by atoms with Crippen LogP contribution in [0.1, 0.15) is 28.8 Å². The van der Waals surface area contributed by atoms with Gasteiger partial charge in [0.1, 0.15) is 17.2 Å². The highest BCUT2D eigenvalue weighted by Gasteiger charge is 2.29. The molecule has 2 N–H and O–H groups in total. The van der Waals surface area contributed by atoms with Crippen molar-refractivity contribution in [3.63, 3.8) is 0 Å². The van der Waals surface area contributed by atoms with Gasteiger partial charge in [-0.15, -0.1) is 0 Å². The number of halogens is 1. The van der Waals surface area contributed by atoms with E-state index >= 15 is 0 Å². The molecule has 0 fully saturated rings. The van der Waals surface area contributed by atoms with Gasteiger partial charge >= 0.3 is 5.97 Å².